The molecule has 0 fully saturated rings. The van der Waals surface area contributed by atoms with E-state index >= 15 is 0 Å². The number of benzene rings is 1. The maximum absolute atomic E-state index is 12.2. The normalized spacial score (nSPS) is 14.3. The van der Waals surface area contributed by atoms with Gasteiger partial charge in [-0.2, -0.15) is 0 Å². The number of nitrogens with zero attached hydrogens (tertiary/aromatic N) is 1. The predicted molar refractivity (Wildman–Crippen MR) is 92.9 cm³/mol. The van der Waals surface area contributed by atoms with Crippen LogP contribution in [0.1, 0.15) is 34.6 Å². The van der Waals surface area contributed by atoms with Crippen LogP contribution >= 0.6 is 28.3 Å². The molecular formula is C15H19BrClN3O3. The highest BCUT2D eigenvalue weighted by molar-refractivity contribution is 9.10. The summed E-state index contributed by atoms with van der Waals surface area (Å²) in [6, 6.07) is 5.02. The van der Waals surface area contributed by atoms with Crippen molar-refractivity contribution in [3.8, 4) is 0 Å². The molecule has 0 saturated heterocycles. The van der Waals surface area contributed by atoms with Gasteiger partial charge in [-0.25, -0.2) is 0 Å². The molecule has 3 amide bonds. The first-order valence-electron chi connectivity index (χ1n) is 7.09. The van der Waals surface area contributed by atoms with Crippen molar-refractivity contribution in [2.24, 2.45) is 0 Å². The number of nitrogens with one attached hydrogen (secondary N) is 2. The van der Waals surface area contributed by atoms with Crippen molar-refractivity contribution in [3.63, 3.8) is 0 Å². The fourth-order valence-corrected chi connectivity index (χ4v) is 2.65. The molecule has 0 unspecified atom stereocenters. The maximum atomic E-state index is 12.2. The van der Waals surface area contributed by atoms with E-state index in [9.17, 15) is 14.4 Å². The predicted octanol–water partition coefficient (Wildman–Crippen LogP) is 1.58. The maximum Gasteiger partial charge on any atom is 0.262 e. The van der Waals surface area contributed by atoms with Gasteiger partial charge in [-0.15, -0.1) is 12.4 Å². The first kappa shape index (κ1) is 19.6. The second-order valence-corrected chi connectivity index (χ2v) is 6.06. The molecule has 2 rings (SSSR count). The third-order valence-electron chi connectivity index (χ3n) is 3.39. The highest BCUT2D eigenvalue weighted by Crippen LogP contribution is 2.25. The quantitative estimate of drug-likeness (QED) is 0.706. The molecule has 126 valence electrons. The summed E-state index contributed by atoms with van der Waals surface area (Å²) in [5.41, 5.74) is 0.662. The Kier molecular flexibility index (Phi) is 7.18. The summed E-state index contributed by atoms with van der Waals surface area (Å²) >= 11 is 3.27. The second kappa shape index (κ2) is 8.42. The molecule has 1 aliphatic rings. The summed E-state index contributed by atoms with van der Waals surface area (Å²) < 4.78 is 0.721. The van der Waals surface area contributed by atoms with E-state index in [1.54, 1.807) is 18.2 Å². The van der Waals surface area contributed by atoms with Crippen LogP contribution in [0.2, 0.25) is 0 Å². The van der Waals surface area contributed by atoms with E-state index in [1.807, 2.05) is 13.8 Å². The zero-order chi connectivity index (χ0) is 16.3. The minimum atomic E-state index is -0.434. The Balaban J connectivity index is 0.00000264. The second-order valence-electron chi connectivity index (χ2n) is 5.15. The Morgan fingerprint density at radius 2 is 1.91 bits per heavy atom. The largest absolute Gasteiger partial charge is 0.353 e. The molecule has 1 heterocycles. The van der Waals surface area contributed by atoms with Crippen LogP contribution in [0.15, 0.2) is 22.7 Å². The number of likely N-dealkylation sites (N-methyl/N-ethyl adjacent to an activating group) is 1. The average Bonchev–Trinajstić information content (AvgIpc) is 2.70. The van der Waals surface area contributed by atoms with Gasteiger partial charge in [0.1, 0.15) is 6.54 Å². The number of carbonyl (C=O) groups excluding carboxylic acids is 3. The van der Waals surface area contributed by atoms with Gasteiger partial charge in [0.05, 0.1) is 11.1 Å². The van der Waals surface area contributed by atoms with E-state index in [4.69, 9.17) is 0 Å². The smallest absolute Gasteiger partial charge is 0.262 e. The van der Waals surface area contributed by atoms with Gasteiger partial charge < -0.3 is 10.6 Å². The van der Waals surface area contributed by atoms with E-state index < -0.39 is 11.8 Å². The SMILES string of the molecule is CCN[C@H](C)CNC(=O)CN1C(=O)c2ccc(Br)cc2C1=O.Cl. The fraction of sp³-hybridized carbons (Fsp3) is 0.400. The Hall–Kier alpha value is -1.44. The van der Waals surface area contributed by atoms with Gasteiger partial charge in [-0.3, -0.25) is 19.3 Å². The van der Waals surface area contributed by atoms with E-state index in [-0.39, 0.29) is 30.9 Å². The molecule has 1 atom stereocenters. The summed E-state index contributed by atoms with van der Waals surface area (Å²) in [4.78, 5) is 37.3. The number of rotatable bonds is 6. The molecule has 0 spiro atoms. The number of halogens is 2. The number of hydrogen-bond acceptors (Lipinski definition) is 4. The Bertz CT molecular complexity index is 624. The van der Waals surface area contributed by atoms with Crippen LogP contribution in [0.25, 0.3) is 0 Å². The van der Waals surface area contributed by atoms with Gasteiger partial charge in [0.15, 0.2) is 0 Å². The van der Waals surface area contributed by atoms with Crippen molar-refractivity contribution >= 4 is 46.1 Å². The molecule has 1 aliphatic heterocycles. The zero-order valence-electron chi connectivity index (χ0n) is 12.9. The highest BCUT2D eigenvalue weighted by atomic mass is 79.9. The van der Waals surface area contributed by atoms with Crippen LogP contribution < -0.4 is 10.6 Å². The lowest BCUT2D eigenvalue weighted by molar-refractivity contribution is -0.121. The van der Waals surface area contributed by atoms with Crippen LogP contribution in [0.4, 0.5) is 0 Å². The standard InChI is InChI=1S/C15H18BrN3O3.ClH/c1-3-17-9(2)7-18-13(20)8-19-14(21)11-5-4-10(16)6-12(11)15(19)22;/h4-6,9,17H,3,7-8H2,1-2H3,(H,18,20);1H/t9-;/m1./s1. The summed E-state index contributed by atoms with van der Waals surface area (Å²) in [6.07, 6.45) is 0. The third-order valence-corrected chi connectivity index (χ3v) is 3.89. The first-order chi connectivity index (χ1) is 10.4. The van der Waals surface area contributed by atoms with Crippen molar-refractivity contribution in [1.29, 1.82) is 0 Å². The lowest BCUT2D eigenvalue weighted by atomic mass is 10.1. The highest BCUT2D eigenvalue weighted by Gasteiger charge is 2.36. The van der Waals surface area contributed by atoms with Crippen LogP contribution in [-0.2, 0) is 4.79 Å². The molecule has 0 aromatic heterocycles. The molecule has 8 heteroatoms. The minimum absolute atomic E-state index is 0. The van der Waals surface area contributed by atoms with Gasteiger partial charge in [-0.1, -0.05) is 22.9 Å². The fourth-order valence-electron chi connectivity index (χ4n) is 2.29. The van der Waals surface area contributed by atoms with Crippen molar-refractivity contribution in [1.82, 2.24) is 15.5 Å². The lowest BCUT2D eigenvalue weighted by Gasteiger charge is -2.16. The van der Waals surface area contributed by atoms with Crippen molar-refractivity contribution in [2.75, 3.05) is 19.6 Å². The van der Waals surface area contributed by atoms with E-state index in [0.717, 1.165) is 15.9 Å². The van der Waals surface area contributed by atoms with E-state index in [1.165, 1.54) is 0 Å². The molecule has 0 bridgehead atoms. The van der Waals surface area contributed by atoms with Gasteiger partial charge >= 0.3 is 0 Å². The number of fused-ring (bicyclic) bond motifs is 1. The third kappa shape index (κ3) is 4.53. The molecular weight excluding hydrogens is 386 g/mol. The average molecular weight is 405 g/mol. The van der Waals surface area contributed by atoms with Crippen LogP contribution in [0.5, 0.6) is 0 Å². The molecule has 0 radical (unpaired) electrons. The molecule has 2 N–H and O–H groups in total. The van der Waals surface area contributed by atoms with Crippen LogP contribution in [-0.4, -0.2) is 48.3 Å². The number of imide groups is 1. The van der Waals surface area contributed by atoms with Crippen LogP contribution in [0, 0.1) is 0 Å². The molecule has 1 aromatic rings. The summed E-state index contributed by atoms with van der Waals surface area (Å²) in [5, 5.41) is 5.88. The van der Waals surface area contributed by atoms with E-state index in [0.29, 0.717) is 17.7 Å². The van der Waals surface area contributed by atoms with Crippen LogP contribution in [0.3, 0.4) is 0 Å². The van der Waals surface area contributed by atoms with Crippen molar-refractivity contribution < 1.29 is 14.4 Å². The zero-order valence-corrected chi connectivity index (χ0v) is 15.3. The topological polar surface area (TPSA) is 78.5 Å². The Morgan fingerprint density at radius 3 is 2.57 bits per heavy atom. The van der Waals surface area contributed by atoms with Gasteiger partial charge in [0.2, 0.25) is 5.91 Å². The molecule has 0 aliphatic carbocycles. The van der Waals surface area contributed by atoms with E-state index in [2.05, 4.69) is 26.6 Å². The summed E-state index contributed by atoms with van der Waals surface area (Å²) in [6.45, 7) is 4.92. The molecule has 6 nitrogen and oxygen atoms in total. The van der Waals surface area contributed by atoms with Gasteiger partial charge in [0.25, 0.3) is 11.8 Å². The monoisotopic (exact) mass is 403 g/mol. The molecule has 23 heavy (non-hydrogen) atoms. The molecule has 1 aromatic carbocycles. The summed E-state index contributed by atoms with van der Waals surface area (Å²) in [5.74, 6) is -1.21. The number of hydrogen-bond donors (Lipinski definition) is 2. The number of carbonyl (C=O) groups is 3. The number of amides is 3. The lowest BCUT2D eigenvalue weighted by Crippen LogP contribution is -2.44. The Morgan fingerprint density at radius 1 is 1.26 bits per heavy atom. The van der Waals surface area contributed by atoms with Gasteiger partial charge in [-0.05, 0) is 31.7 Å². The van der Waals surface area contributed by atoms with Crippen molar-refractivity contribution in [3.05, 3.63) is 33.8 Å². The van der Waals surface area contributed by atoms with Crippen molar-refractivity contribution in [2.45, 2.75) is 19.9 Å². The summed E-state index contributed by atoms with van der Waals surface area (Å²) in [7, 11) is 0. The Labute approximate surface area is 149 Å². The van der Waals surface area contributed by atoms with Gasteiger partial charge in [0, 0.05) is 17.1 Å². The minimum Gasteiger partial charge on any atom is -0.353 e. The first-order valence-corrected chi connectivity index (χ1v) is 7.89. The molecule has 0 saturated carbocycles.